The fraction of sp³-hybridized carbons (Fsp3) is 0.250. The lowest BCUT2D eigenvalue weighted by atomic mass is 9.90. The summed E-state index contributed by atoms with van der Waals surface area (Å²) in [6, 6.07) is 11.2. The van der Waals surface area contributed by atoms with Gasteiger partial charge in [-0.2, -0.15) is 4.37 Å². The summed E-state index contributed by atoms with van der Waals surface area (Å²) in [5.74, 6) is -0.705. The van der Waals surface area contributed by atoms with Crippen LogP contribution in [0.2, 0.25) is 0 Å². The Balaban J connectivity index is 1.57. The van der Waals surface area contributed by atoms with Crippen molar-refractivity contribution >= 4 is 28.8 Å². The highest BCUT2D eigenvalue weighted by atomic mass is 32.1. The Labute approximate surface area is 204 Å². The van der Waals surface area contributed by atoms with Crippen LogP contribution < -0.4 is 11.1 Å². The zero-order valence-corrected chi connectivity index (χ0v) is 20.5. The molecule has 0 saturated heterocycles. The second-order valence-corrected chi connectivity index (χ2v) is 10.3. The van der Waals surface area contributed by atoms with Crippen molar-refractivity contribution in [1.29, 1.82) is 0 Å². The monoisotopic (exact) mass is 497 g/mol. The molecule has 4 rings (SSSR count). The summed E-state index contributed by atoms with van der Waals surface area (Å²) in [4.78, 5) is 21.9. The molecule has 0 fully saturated rings. The van der Waals surface area contributed by atoms with Crippen molar-refractivity contribution in [2.24, 2.45) is 5.73 Å². The quantitative estimate of drug-likeness (QED) is 0.351. The van der Waals surface area contributed by atoms with Crippen molar-refractivity contribution in [1.82, 2.24) is 19.7 Å². The molecule has 10 heteroatoms. The van der Waals surface area contributed by atoms with Crippen molar-refractivity contribution < 1.29 is 14.3 Å². The van der Waals surface area contributed by atoms with E-state index in [0.29, 0.717) is 33.2 Å². The lowest BCUT2D eigenvalue weighted by Crippen LogP contribution is -2.39. The number of nitrogens with two attached hydrogens (primary N) is 1. The number of carbonyl (C=O) groups is 1. The van der Waals surface area contributed by atoms with Crippen LogP contribution >= 0.6 is 22.9 Å². The van der Waals surface area contributed by atoms with E-state index in [1.165, 1.54) is 23.5 Å². The van der Waals surface area contributed by atoms with Gasteiger partial charge in [0, 0.05) is 16.5 Å². The molecule has 0 aliphatic carbocycles. The maximum Gasteiger partial charge on any atom is 0.263 e. The summed E-state index contributed by atoms with van der Waals surface area (Å²) < 4.78 is 17.7. The van der Waals surface area contributed by atoms with E-state index < -0.39 is 11.1 Å². The predicted octanol–water partition coefficient (Wildman–Crippen LogP) is 4.30. The number of pyridine rings is 1. The highest BCUT2D eigenvalue weighted by molar-refractivity contribution is 7.08. The van der Waals surface area contributed by atoms with E-state index in [9.17, 15) is 14.3 Å². The minimum Gasteiger partial charge on any atom is -0.382 e. The smallest absolute Gasteiger partial charge is 0.263 e. The molecule has 0 radical (unpaired) electrons. The van der Waals surface area contributed by atoms with E-state index in [1.807, 2.05) is 25.3 Å². The maximum atomic E-state index is 13.4. The average Bonchev–Trinajstić information content (AvgIpc) is 3.49. The Morgan fingerprint density at radius 1 is 1.12 bits per heavy atom. The molecule has 1 aromatic carbocycles. The largest absolute Gasteiger partial charge is 0.382 e. The number of amides is 1. The number of aliphatic hydroxyl groups is 1. The maximum absolute atomic E-state index is 13.4. The van der Waals surface area contributed by atoms with Crippen LogP contribution in [0.25, 0.3) is 22.6 Å². The Morgan fingerprint density at radius 3 is 2.50 bits per heavy atom. The number of benzene rings is 1. The average molecular weight is 498 g/mol. The standard InChI is InChI=1S/C24H24FN5O2S2/c1-23(2,26)15-8-17(14-4-6-16(25)7-5-14)29-21(9-15)24(3,32)12-27-22(31)20-10-18(30-34-20)19-11-33-13-28-19/h4-11,13,32H,12,26H2,1-3H3,(H,27,31). The van der Waals surface area contributed by atoms with Crippen molar-refractivity contribution in [3.63, 3.8) is 0 Å². The van der Waals surface area contributed by atoms with Crippen LogP contribution in [0, 0.1) is 5.82 Å². The first kappa shape index (κ1) is 24.1. The number of carbonyl (C=O) groups excluding carboxylic acids is 1. The van der Waals surface area contributed by atoms with E-state index in [1.54, 1.807) is 36.7 Å². The van der Waals surface area contributed by atoms with Crippen molar-refractivity contribution in [3.05, 3.63) is 75.3 Å². The summed E-state index contributed by atoms with van der Waals surface area (Å²) in [6.45, 7) is 5.19. The fourth-order valence-corrected chi connectivity index (χ4v) is 4.43. The van der Waals surface area contributed by atoms with E-state index >= 15 is 0 Å². The SMILES string of the molecule is CC(C)(N)c1cc(-c2ccc(F)cc2)nc(C(C)(O)CNC(=O)c2cc(-c3cscn3)ns2)c1. The third-order valence-electron chi connectivity index (χ3n) is 5.28. The number of aromatic nitrogens is 3. The van der Waals surface area contributed by atoms with Crippen LogP contribution in [-0.4, -0.2) is 31.9 Å². The molecular weight excluding hydrogens is 473 g/mol. The van der Waals surface area contributed by atoms with Crippen LogP contribution in [0.5, 0.6) is 0 Å². The zero-order chi connectivity index (χ0) is 24.5. The number of thiazole rings is 1. The Hall–Kier alpha value is -3.05. The molecule has 4 N–H and O–H groups in total. The minimum absolute atomic E-state index is 0.0833. The van der Waals surface area contributed by atoms with Crippen molar-refractivity contribution in [2.45, 2.75) is 31.9 Å². The normalized spacial score (nSPS) is 13.5. The molecule has 4 aromatic rings. The summed E-state index contributed by atoms with van der Waals surface area (Å²) in [7, 11) is 0. The molecule has 1 unspecified atom stereocenters. The predicted molar refractivity (Wildman–Crippen MR) is 132 cm³/mol. The second kappa shape index (κ2) is 9.30. The van der Waals surface area contributed by atoms with Gasteiger partial charge in [-0.1, -0.05) is 0 Å². The van der Waals surface area contributed by atoms with E-state index in [2.05, 4.69) is 19.7 Å². The Morgan fingerprint density at radius 2 is 1.85 bits per heavy atom. The molecule has 3 aromatic heterocycles. The molecular formula is C24H24FN5O2S2. The van der Waals surface area contributed by atoms with Crippen LogP contribution in [0.3, 0.4) is 0 Å². The first-order chi connectivity index (χ1) is 16.0. The van der Waals surface area contributed by atoms with Crippen molar-refractivity contribution in [2.75, 3.05) is 6.54 Å². The molecule has 3 heterocycles. The first-order valence-electron chi connectivity index (χ1n) is 10.5. The van der Waals surface area contributed by atoms with Gasteiger partial charge in [0.1, 0.15) is 27.7 Å². The van der Waals surface area contributed by atoms with Gasteiger partial charge in [0.15, 0.2) is 0 Å². The third kappa shape index (κ3) is 5.36. The molecule has 1 atom stereocenters. The summed E-state index contributed by atoms with van der Waals surface area (Å²) in [5.41, 5.74) is 9.51. The molecule has 1 amide bonds. The molecule has 34 heavy (non-hydrogen) atoms. The molecule has 0 spiro atoms. The van der Waals surface area contributed by atoms with E-state index in [-0.39, 0.29) is 18.3 Å². The first-order valence-corrected chi connectivity index (χ1v) is 12.2. The molecule has 176 valence electrons. The third-order valence-corrected chi connectivity index (χ3v) is 6.66. The summed E-state index contributed by atoms with van der Waals surface area (Å²) in [5, 5.41) is 15.9. The summed E-state index contributed by atoms with van der Waals surface area (Å²) in [6.07, 6.45) is 0. The molecule has 7 nitrogen and oxygen atoms in total. The number of hydrogen-bond acceptors (Lipinski definition) is 8. The topological polar surface area (TPSA) is 114 Å². The van der Waals surface area contributed by atoms with Gasteiger partial charge in [-0.3, -0.25) is 4.79 Å². The highest BCUT2D eigenvalue weighted by Gasteiger charge is 2.29. The zero-order valence-electron chi connectivity index (χ0n) is 18.9. The fourth-order valence-electron chi connectivity index (χ4n) is 3.22. The van der Waals surface area contributed by atoms with E-state index in [4.69, 9.17) is 5.73 Å². The molecule has 0 aliphatic heterocycles. The van der Waals surface area contributed by atoms with Crippen LogP contribution in [0.1, 0.15) is 41.7 Å². The number of halogens is 1. The van der Waals surface area contributed by atoms with Crippen LogP contribution in [-0.2, 0) is 11.1 Å². The Bertz CT molecular complexity index is 1300. The molecule has 0 aliphatic rings. The molecule has 0 bridgehead atoms. The van der Waals surface area contributed by atoms with Crippen LogP contribution in [0.4, 0.5) is 4.39 Å². The Kier molecular flexibility index (Phi) is 6.59. The van der Waals surface area contributed by atoms with Gasteiger partial charge >= 0.3 is 0 Å². The lowest BCUT2D eigenvalue weighted by molar-refractivity contribution is 0.0490. The van der Waals surface area contributed by atoms with E-state index in [0.717, 1.165) is 17.1 Å². The van der Waals surface area contributed by atoms with Gasteiger partial charge in [0.2, 0.25) is 0 Å². The van der Waals surface area contributed by atoms with Crippen LogP contribution in [0.15, 0.2) is 53.4 Å². The highest BCUT2D eigenvalue weighted by Crippen LogP contribution is 2.29. The summed E-state index contributed by atoms with van der Waals surface area (Å²) >= 11 is 2.52. The number of nitrogens with zero attached hydrogens (tertiary/aromatic N) is 3. The lowest BCUT2D eigenvalue weighted by Gasteiger charge is -2.27. The number of rotatable bonds is 7. The number of hydrogen-bond donors (Lipinski definition) is 3. The van der Waals surface area contributed by atoms with Gasteiger partial charge in [0.25, 0.3) is 5.91 Å². The van der Waals surface area contributed by atoms with Gasteiger partial charge in [-0.25, -0.2) is 14.4 Å². The number of nitrogens with one attached hydrogen (secondary N) is 1. The van der Waals surface area contributed by atoms with Gasteiger partial charge in [0.05, 0.1) is 23.4 Å². The van der Waals surface area contributed by atoms with Gasteiger partial charge < -0.3 is 16.2 Å². The van der Waals surface area contributed by atoms with Gasteiger partial charge in [-0.15, -0.1) is 11.3 Å². The second-order valence-electron chi connectivity index (χ2n) is 8.76. The van der Waals surface area contributed by atoms with Gasteiger partial charge in [-0.05, 0) is 80.3 Å². The van der Waals surface area contributed by atoms with Crippen molar-refractivity contribution in [3.8, 4) is 22.6 Å². The molecule has 0 saturated carbocycles. The minimum atomic E-state index is -1.49.